The Bertz CT molecular complexity index is 205. The van der Waals surface area contributed by atoms with E-state index in [0.717, 1.165) is 0 Å². The Morgan fingerprint density at radius 2 is 1.69 bits per heavy atom. The van der Waals surface area contributed by atoms with Gasteiger partial charge in [-0.15, -0.1) is 0 Å². The zero-order valence-electron chi connectivity index (χ0n) is 6.99. The lowest BCUT2D eigenvalue weighted by Crippen LogP contribution is -2.58. The molecule has 13 heavy (non-hydrogen) atoms. The molecule has 1 rings (SSSR count). The number of hydrogen-bond donors (Lipinski definition) is 4. The van der Waals surface area contributed by atoms with Gasteiger partial charge in [0.25, 0.3) is 0 Å². The van der Waals surface area contributed by atoms with E-state index in [4.69, 9.17) is 9.84 Å². The van der Waals surface area contributed by atoms with Crippen LogP contribution in [0.3, 0.4) is 0 Å². The number of rotatable bonds is 1. The van der Waals surface area contributed by atoms with Crippen LogP contribution < -0.4 is 0 Å². The highest BCUT2D eigenvalue weighted by atomic mass is 16.6. The molecule has 0 radical (unpaired) electrons. The van der Waals surface area contributed by atoms with Crippen molar-refractivity contribution in [2.45, 2.75) is 37.4 Å². The molecule has 1 aliphatic heterocycles. The average Bonchev–Trinajstić information content (AvgIpc) is 2.07. The minimum absolute atomic E-state index is 0.806. The lowest BCUT2D eigenvalue weighted by molar-refractivity contribution is -0.223. The van der Waals surface area contributed by atoms with E-state index < -0.39 is 36.5 Å². The Kier molecular flexibility index (Phi) is 2.87. The Morgan fingerprint density at radius 3 is 2.15 bits per heavy atom. The summed E-state index contributed by atoms with van der Waals surface area (Å²) in [6, 6.07) is 0. The second-order valence-corrected chi connectivity index (χ2v) is 3.07. The Labute approximate surface area is 74.4 Å². The number of carboxylic acid groups (broad SMARTS) is 1. The molecular weight excluding hydrogens is 180 g/mol. The van der Waals surface area contributed by atoms with Crippen LogP contribution in [-0.4, -0.2) is 56.9 Å². The van der Waals surface area contributed by atoms with Gasteiger partial charge in [-0.2, -0.15) is 0 Å². The first-order valence-electron chi connectivity index (χ1n) is 3.87. The first-order valence-corrected chi connectivity index (χ1v) is 3.87. The molecule has 76 valence electrons. The normalized spacial score (nSPS) is 46.0. The molecule has 0 amide bonds. The topological polar surface area (TPSA) is 107 Å². The van der Waals surface area contributed by atoms with Gasteiger partial charge in [-0.1, -0.05) is 0 Å². The summed E-state index contributed by atoms with van der Waals surface area (Å²) in [4.78, 5) is 10.5. The number of carboxylic acids is 1. The van der Waals surface area contributed by atoms with Crippen molar-refractivity contribution in [1.82, 2.24) is 0 Å². The lowest BCUT2D eigenvalue weighted by atomic mass is 9.96. The average molecular weight is 192 g/mol. The van der Waals surface area contributed by atoms with Crippen molar-refractivity contribution < 1.29 is 30.0 Å². The van der Waals surface area contributed by atoms with Crippen LogP contribution >= 0.6 is 0 Å². The molecule has 1 unspecified atom stereocenters. The van der Waals surface area contributed by atoms with Crippen LogP contribution in [0.2, 0.25) is 0 Å². The first-order chi connectivity index (χ1) is 5.95. The minimum atomic E-state index is -1.59. The summed E-state index contributed by atoms with van der Waals surface area (Å²) in [6.45, 7) is 1.43. The summed E-state index contributed by atoms with van der Waals surface area (Å²) in [5.41, 5.74) is 0. The third-order valence-corrected chi connectivity index (χ3v) is 2.10. The van der Waals surface area contributed by atoms with E-state index in [-0.39, 0.29) is 0 Å². The standard InChI is InChI=1S/C7H12O6/c1-2-3(8)4(9)5(10)6(13-2)7(11)12/h2-6,8-10H,1H3,(H,11,12)/t2-,3-,4?,5-,6-/m0/s1. The molecule has 1 heterocycles. The predicted octanol–water partition coefficient (Wildman–Crippen LogP) is -2.06. The van der Waals surface area contributed by atoms with Crippen molar-refractivity contribution in [3.05, 3.63) is 0 Å². The summed E-state index contributed by atoms with van der Waals surface area (Å²) < 4.78 is 4.78. The van der Waals surface area contributed by atoms with E-state index in [9.17, 15) is 20.1 Å². The quantitative estimate of drug-likeness (QED) is 0.380. The fourth-order valence-electron chi connectivity index (χ4n) is 1.26. The molecule has 0 aromatic rings. The van der Waals surface area contributed by atoms with E-state index >= 15 is 0 Å². The SMILES string of the molecule is C[C@@H]1O[C@H](C(=O)O)[C@@H](O)C(O)[C@H]1O. The van der Waals surface area contributed by atoms with Gasteiger partial charge in [0, 0.05) is 0 Å². The largest absolute Gasteiger partial charge is 0.479 e. The number of ether oxygens (including phenoxy) is 1. The highest BCUT2D eigenvalue weighted by Gasteiger charge is 2.44. The molecule has 0 aromatic carbocycles. The van der Waals surface area contributed by atoms with Gasteiger partial charge in [0.15, 0.2) is 6.10 Å². The van der Waals surface area contributed by atoms with Gasteiger partial charge < -0.3 is 25.2 Å². The molecule has 0 spiro atoms. The molecule has 0 bridgehead atoms. The smallest absolute Gasteiger partial charge is 0.335 e. The molecule has 6 nitrogen and oxygen atoms in total. The third-order valence-electron chi connectivity index (χ3n) is 2.10. The second kappa shape index (κ2) is 3.59. The van der Waals surface area contributed by atoms with Crippen LogP contribution in [0.15, 0.2) is 0 Å². The molecule has 5 atom stereocenters. The highest BCUT2D eigenvalue weighted by Crippen LogP contribution is 2.20. The minimum Gasteiger partial charge on any atom is -0.479 e. The van der Waals surface area contributed by atoms with Crippen molar-refractivity contribution in [3.63, 3.8) is 0 Å². The number of aliphatic hydroxyl groups excluding tert-OH is 3. The van der Waals surface area contributed by atoms with E-state index in [2.05, 4.69) is 0 Å². The summed E-state index contributed by atoms with van der Waals surface area (Å²) in [5.74, 6) is -1.36. The van der Waals surface area contributed by atoms with Gasteiger partial charge in [0.05, 0.1) is 6.10 Å². The van der Waals surface area contributed by atoms with Crippen LogP contribution in [0, 0.1) is 0 Å². The van der Waals surface area contributed by atoms with Gasteiger partial charge in [-0.05, 0) is 6.92 Å². The second-order valence-electron chi connectivity index (χ2n) is 3.07. The summed E-state index contributed by atoms with van der Waals surface area (Å²) >= 11 is 0. The van der Waals surface area contributed by atoms with Crippen LogP contribution in [0.5, 0.6) is 0 Å². The maximum Gasteiger partial charge on any atom is 0.335 e. The van der Waals surface area contributed by atoms with Crippen molar-refractivity contribution in [3.8, 4) is 0 Å². The molecule has 0 saturated carbocycles. The van der Waals surface area contributed by atoms with Crippen LogP contribution in [0.25, 0.3) is 0 Å². The predicted molar refractivity (Wildman–Crippen MR) is 40.0 cm³/mol. The Hall–Kier alpha value is -0.690. The van der Waals surface area contributed by atoms with Crippen molar-refractivity contribution in [1.29, 1.82) is 0 Å². The van der Waals surface area contributed by atoms with Gasteiger partial charge in [0.2, 0.25) is 0 Å². The van der Waals surface area contributed by atoms with Crippen molar-refractivity contribution in [2.75, 3.05) is 0 Å². The fraction of sp³-hybridized carbons (Fsp3) is 0.857. The highest BCUT2D eigenvalue weighted by molar-refractivity contribution is 5.73. The maximum atomic E-state index is 10.5. The number of carbonyl (C=O) groups is 1. The third kappa shape index (κ3) is 1.80. The summed E-state index contributed by atoms with van der Waals surface area (Å²) in [5, 5.41) is 36.1. The van der Waals surface area contributed by atoms with E-state index in [0.29, 0.717) is 0 Å². The molecule has 0 aromatic heterocycles. The van der Waals surface area contributed by atoms with Gasteiger partial charge in [-0.25, -0.2) is 4.79 Å². The first kappa shape index (κ1) is 10.4. The van der Waals surface area contributed by atoms with Gasteiger partial charge >= 0.3 is 5.97 Å². The molecule has 4 N–H and O–H groups in total. The van der Waals surface area contributed by atoms with Crippen LogP contribution in [0.1, 0.15) is 6.92 Å². The number of aliphatic carboxylic acids is 1. The van der Waals surface area contributed by atoms with Crippen molar-refractivity contribution in [2.24, 2.45) is 0 Å². The lowest BCUT2D eigenvalue weighted by Gasteiger charge is -2.37. The Balaban J connectivity index is 2.76. The van der Waals surface area contributed by atoms with Crippen LogP contribution in [-0.2, 0) is 9.53 Å². The van der Waals surface area contributed by atoms with E-state index in [1.54, 1.807) is 0 Å². The van der Waals surface area contributed by atoms with Crippen LogP contribution in [0.4, 0.5) is 0 Å². The van der Waals surface area contributed by atoms with Crippen molar-refractivity contribution >= 4 is 5.97 Å². The number of hydrogen-bond acceptors (Lipinski definition) is 5. The summed E-state index contributed by atoms with van der Waals surface area (Å²) in [6.07, 6.45) is -6.62. The zero-order valence-corrected chi connectivity index (χ0v) is 6.99. The fourth-order valence-corrected chi connectivity index (χ4v) is 1.26. The molecule has 1 aliphatic rings. The van der Waals surface area contributed by atoms with E-state index in [1.165, 1.54) is 6.92 Å². The molecular formula is C7H12O6. The zero-order chi connectivity index (χ0) is 10.2. The van der Waals surface area contributed by atoms with Gasteiger partial charge in [0.1, 0.15) is 18.3 Å². The van der Waals surface area contributed by atoms with E-state index in [1.807, 2.05) is 0 Å². The Morgan fingerprint density at radius 1 is 1.15 bits per heavy atom. The maximum absolute atomic E-state index is 10.5. The molecule has 0 aliphatic carbocycles. The molecule has 1 saturated heterocycles. The summed E-state index contributed by atoms with van der Waals surface area (Å²) in [7, 11) is 0. The molecule has 1 fully saturated rings. The monoisotopic (exact) mass is 192 g/mol. The molecule has 6 heteroatoms. The number of aliphatic hydroxyl groups is 3. The van der Waals surface area contributed by atoms with Gasteiger partial charge in [-0.3, -0.25) is 0 Å².